The number of benzene rings is 1. The Balaban J connectivity index is 1.54. The second kappa shape index (κ2) is 9.64. The van der Waals surface area contributed by atoms with Crippen molar-refractivity contribution >= 4 is 38.8 Å². The average molecular weight is 531 g/mol. The van der Waals surface area contributed by atoms with Crippen LogP contribution in [0, 0.1) is 12.8 Å². The van der Waals surface area contributed by atoms with Crippen molar-refractivity contribution in [2.45, 2.75) is 37.4 Å². The van der Waals surface area contributed by atoms with Crippen LogP contribution in [0.15, 0.2) is 45.1 Å². The minimum Gasteiger partial charge on any atom is -0.461 e. The molecule has 1 aromatic carbocycles. The number of imidazole rings is 1. The van der Waals surface area contributed by atoms with Crippen LogP contribution in [0.4, 0.5) is 5.82 Å². The maximum Gasteiger partial charge on any atom is 0.231 e. The zero-order valence-corrected chi connectivity index (χ0v) is 21.6. The summed E-state index contributed by atoms with van der Waals surface area (Å²) in [7, 11) is -3.51. The summed E-state index contributed by atoms with van der Waals surface area (Å²) in [4.78, 5) is 13.8. The lowest BCUT2D eigenvalue weighted by atomic mass is 10.1. The van der Waals surface area contributed by atoms with Gasteiger partial charge in [-0.25, -0.2) is 28.1 Å². The van der Waals surface area contributed by atoms with E-state index in [1.54, 1.807) is 4.57 Å². The van der Waals surface area contributed by atoms with Gasteiger partial charge in [-0.2, -0.15) is 0 Å². The number of nitrogen functional groups attached to an aromatic ring is 1. The lowest BCUT2D eigenvalue weighted by Gasteiger charge is -2.12. The fourth-order valence-corrected chi connectivity index (χ4v) is 5.88. The molecule has 0 radical (unpaired) electrons. The van der Waals surface area contributed by atoms with Crippen LogP contribution in [0.3, 0.4) is 0 Å². The number of nitrogens with two attached hydrogens (primary N) is 1. The number of nitrogens with one attached hydrogen (secondary N) is 1. The van der Waals surface area contributed by atoms with Crippen LogP contribution >= 0.6 is 11.8 Å². The Labute approximate surface area is 212 Å². The molecule has 1 aliphatic rings. The normalized spacial score (nSPS) is 13.2. The average Bonchev–Trinajstić information content (AvgIpc) is 3.55. The van der Waals surface area contributed by atoms with Crippen LogP contribution in [0.25, 0.3) is 22.5 Å². The summed E-state index contributed by atoms with van der Waals surface area (Å²) >= 11 is 1.33. The quantitative estimate of drug-likeness (QED) is 0.330. The molecule has 0 bridgehead atoms. The zero-order valence-electron chi connectivity index (χ0n) is 20.0. The first-order valence-electron chi connectivity index (χ1n) is 11.3. The number of aryl methyl sites for hydroxylation is 2. The van der Waals surface area contributed by atoms with Crippen molar-refractivity contribution in [2.24, 2.45) is 5.92 Å². The Morgan fingerprint density at radius 2 is 1.97 bits per heavy atom. The van der Waals surface area contributed by atoms with Crippen molar-refractivity contribution in [3.63, 3.8) is 0 Å². The lowest BCUT2D eigenvalue weighted by molar-refractivity contribution is 0.174. The molecule has 3 aromatic heterocycles. The number of fused-ring (bicyclic) bond motifs is 2. The number of aromatic nitrogens is 4. The van der Waals surface area contributed by atoms with E-state index in [1.165, 1.54) is 18.1 Å². The number of anilines is 1. The molecule has 5 rings (SSSR count). The van der Waals surface area contributed by atoms with E-state index in [0.29, 0.717) is 40.1 Å². The Hall–Kier alpha value is -3.29. The van der Waals surface area contributed by atoms with Crippen molar-refractivity contribution in [2.75, 3.05) is 24.8 Å². The molecule has 0 fully saturated rings. The number of hydrogen-bond donors (Lipinski definition) is 2. The number of furan rings is 1. The second-order valence-electron chi connectivity index (χ2n) is 8.75. The second-order valence-corrected chi connectivity index (χ2v) is 11.7. The molecule has 4 aromatic rings. The standard InChI is InChI=1S/C23H26N6O5S2/c1-13(2)10-27-36(30,31)7-6-29-22-20(21(24)25-11-26-22)28-23(29)35-19-9-18-17(32-12-33-18)8-15(19)16-5-4-14(3)34-16/h4-5,8-9,11,13,27H,6-7,10,12H2,1-3H3,(H2,24,25,26). The Morgan fingerprint density at radius 1 is 1.19 bits per heavy atom. The third-order valence-corrected chi connectivity index (χ3v) is 7.88. The van der Waals surface area contributed by atoms with E-state index in [-0.39, 0.29) is 30.8 Å². The van der Waals surface area contributed by atoms with Crippen LogP contribution in [0.1, 0.15) is 19.6 Å². The molecule has 0 atom stereocenters. The molecule has 11 nitrogen and oxygen atoms in total. The summed E-state index contributed by atoms with van der Waals surface area (Å²) in [6.07, 6.45) is 1.34. The van der Waals surface area contributed by atoms with Gasteiger partial charge in [0.25, 0.3) is 0 Å². The Bertz CT molecular complexity index is 1530. The van der Waals surface area contributed by atoms with Crippen molar-refractivity contribution < 1.29 is 22.3 Å². The molecular weight excluding hydrogens is 504 g/mol. The van der Waals surface area contributed by atoms with Crippen LogP contribution in [-0.2, 0) is 16.6 Å². The highest BCUT2D eigenvalue weighted by Crippen LogP contribution is 2.45. The van der Waals surface area contributed by atoms with Gasteiger partial charge in [0.15, 0.2) is 33.6 Å². The first-order chi connectivity index (χ1) is 17.2. The fraction of sp³-hybridized carbons (Fsp3) is 0.348. The number of sulfonamides is 1. The van der Waals surface area contributed by atoms with Crippen LogP contribution in [-0.4, -0.2) is 47.0 Å². The minimum absolute atomic E-state index is 0.127. The van der Waals surface area contributed by atoms with Crippen molar-refractivity contribution in [3.05, 3.63) is 36.4 Å². The molecule has 0 saturated carbocycles. The van der Waals surface area contributed by atoms with E-state index < -0.39 is 10.0 Å². The van der Waals surface area contributed by atoms with E-state index >= 15 is 0 Å². The van der Waals surface area contributed by atoms with Crippen molar-refractivity contribution in [1.82, 2.24) is 24.2 Å². The molecule has 1 aliphatic heterocycles. The summed E-state index contributed by atoms with van der Waals surface area (Å²) in [5.74, 6) is 2.93. The van der Waals surface area contributed by atoms with E-state index in [9.17, 15) is 8.42 Å². The van der Waals surface area contributed by atoms with Gasteiger partial charge < -0.3 is 24.2 Å². The summed E-state index contributed by atoms with van der Waals surface area (Å²) in [6.45, 7) is 6.40. The van der Waals surface area contributed by atoms with Gasteiger partial charge in [0.1, 0.15) is 17.8 Å². The third-order valence-electron chi connectivity index (χ3n) is 5.50. The molecule has 13 heteroatoms. The van der Waals surface area contributed by atoms with E-state index in [0.717, 1.165) is 16.2 Å². The molecule has 190 valence electrons. The Kier molecular flexibility index (Phi) is 6.53. The van der Waals surface area contributed by atoms with Crippen LogP contribution < -0.4 is 19.9 Å². The smallest absolute Gasteiger partial charge is 0.231 e. The first kappa shape index (κ1) is 24.4. The summed E-state index contributed by atoms with van der Waals surface area (Å²) in [6, 6.07) is 7.50. The van der Waals surface area contributed by atoms with Gasteiger partial charge in [0.2, 0.25) is 16.8 Å². The van der Waals surface area contributed by atoms with Crippen molar-refractivity contribution in [1.29, 1.82) is 0 Å². The number of nitrogens with zero attached hydrogens (tertiary/aromatic N) is 4. The SMILES string of the molecule is Cc1ccc(-c2cc3c(cc2Sc2nc4c(N)ncnc4n2CCS(=O)(=O)NCC(C)C)OCO3)o1. The highest BCUT2D eigenvalue weighted by molar-refractivity contribution is 7.99. The van der Waals surface area contributed by atoms with Gasteiger partial charge in [-0.15, -0.1) is 0 Å². The summed E-state index contributed by atoms with van der Waals surface area (Å²) in [5, 5.41) is 0.514. The maximum atomic E-state index is 12.6. The molecular formula is C23H26N6O5S2. The first-order valence-corrected chi connectivity index (χ1v) is 13.8. The summed E-state index contributed by atoms with van der Waals surface area (Å²) in [5.41, 5.74) is 7.73. The molecule has 0 unspecified atom stereocenters. The Morgan fingerprint density at radius 3 is 2.69 bits per heavy atom. The summed E-state index contributed by atoms with van der Waals surface area (Å²) < 4.78 is 46.7. The van der Waals surface area contributed by atoms with Gasteiger partial charge in [-0.1, -0.05) is 25.6 Å². The predicted octanol–water partition coefficient (Wildman–Crippen LogP) is 3.43. The lowest BCUT2D eigenvalue weighted by Crippen LogP contribution is -2.31. The molecule has 3 N–H and O–H groups in total. The highest BCUT2D eigenvalue weighted by Gasteiger charge is 2.24. The van der Waals surface area contributed by atoms with Gasteiger partial charge in [-0.05, 0) is 37.1 Å². The minimum atomic E-state index is -3.51. The van der Waals surface area contributed by atoms with Gasteiger partial charge in [-0.3, -0.25) is 0 Å². The number of hydrogen-bond acceptors (Lipinski definition) is 10. The maximum absolute atomic E-state index is 12.6. The van der Waals surface area contributed by atoms with Gasteiger partial charge in [0, 0.05) is 23.5 Å². The van der Waals surface area contributed by atoms with Gasteiger partial charge in [0.05, 0.1) is 5.75 Å². The molecule has 4 heterocycles. The largest absolute Gasteiger partial charge is 0.461 e. The third kappa shape index (κ3) is 4.99. The fourth-order valence-electron chi connectivity index (χ4n) is 3.67. The molecule has 0 aliphatic carbocycles. The molecule has 0 amide bonds. The van der Waals surface area contributed by atoms with Crippen molar-refractivity contribution in [3.8, 4) is 22.8 Å². The highest BCUT2D eigenvalue weighted by atomic mass is 32.2. The van der Waals surface area contributed by atoms with Crippen LogP contribution in [0.5, 0.6) is 11.5 Å². The molecule has 36 heavy (non-hydrogen) atoms. The molecule has 0 spiro atoms. The topological polar surface area (TPSA) is 147 Å². The number of ether oxygens (including phenoxy) is 2. The van der Waals surface area contributed by atoms with E-state index in [2.05, 4.69) is 19.7 Å². The molecule has 0 saturated heterocycles. The number of rotatable bonds is 9. The van der Waals surface area contributed by atoms with Crippen LogP contribution in [0.2, 0.25) is 0 Å². The van der Waals surface area contributed by atoms with E-state index in [1.807, 2.05) is 45.0 Å². The predicted molar refractivity (Wildman–Crippen MR) is 135 cm³/mol. The van der Waals surface area contributed by atoms with Gasteiger partial charge >= 0.3 is 0 Å². The zero-order chi connectivity index (χ0) is 25.4. The monoisotopic (exact) mass is 530 g/mol. The van der Waals surface area contributed by atoms with E-state index in [4.69, 9.17) is 19.6 Å².